The minimum Gasteiger partial charge on any atom is -0.310 e. The number of aromatic nitrogens is 1. The summed E-state index contributed by atoms with van der Waals surface area (Å²) >= 11 is 8.56. The number of hydrogen-bond donors (Lipinski definition) is 1. The first-order valence-corrected chi connectivity index (χ1v) is 8.66. The monoisotopic (exact) mass is 414 g/mol. The molecule has 0 fully saturated rings. The minimum absolute atomic E-state index is 0.240. The minimum atomic E-state index is 0.240. The summed E-state index contributed by atoms with van der Waals surface area (Å²) in [6.45, 7) is 5.28. The van der Waals surface area contributed by atoms with Gasteiger partial charge in [0.05, 0.1) is 0 Å². The van der Waals surface area contributed by atoms with E-state index in [4.69, 9.17) is 11.6 Å². The van der Waals surface area contributed by atoms with Gasteiger partial charge in [0.15, 0.2) is 0 Å². The Hall–Kier alpha value is -0.650. The van der Waals surface area contributed by atoms with Crippen LogP contribution in [0.4, 0.5) is 0 Å². The van der Waals surface area contributed by atoms with E-state index >= 15 is 0 Å². The van der Waals surface area contributed by atoms with Crippen molar-refractivity contribution in [3.63, 3.8) is 0 Å². The van der Waals surface area contributed by atoms with Gasteiger partial charge in [-0.15, -0.1) is 0 Å². The molecule has 112 valence electrons. The van der Waals surface area contributed by atoms with Crippen molar-refractivity contribution >= 4 is 34.2 Å². The van der Waals surface area contributed by atoms with E-state index in [9.17, 15) is 0 Å². The van der Waals surface area contributed by atoms with Crippen molar-refractivity contribution in [2.75, 3.05) is 6.54 Å². The number of pyridine rings is 1. The molecule has 0 bridgehead atoms. The number of rotatable bonds is 6. The molecule has 0 spiro atoms. The van der Waals surface area contributed by atoms with E-state index in [1.165, 1.54) is 14.7 Å². The van der Waals surface area contributed by atoms with Crippen molar-refractivity contribution in [2.24, 2.45) is 0 Å². The normalized spacial score (nSPS) is 12.4. The summed E-state index contributed by atoms with van der Waals surface area (Å²) in [5.41, 5.74) is 3.63. The molecule has 2 nitrogen and oxygen atoms in total. The quantitative estimate of drug-likeness (QED) is 0.678. The van der Waals surface area contributed by atoms with Crippen LogP contribution < -0.4 is 5.32 Å². The smallest absolute Gasteiger partial charge is 0.0451 e. The van der Waals surface area contributed by atoms with Crippen LogP contribution in [0, 0.1) is 10.5 Å². The Bertz CT molecular complexity index is 601. The maximum atomic E-state index is 6.18. The standard InChI is InChI=1S/C17H20ClIN2/c1-3-8-20-17(11-16-12(2)5-4-9-21-16)14-10-13(18)6-7-15(14)19/h4-7,9-10,17,20H,3,8,11H2,1-2H3. The average molecular weight is 415 g/mol. The van der Waals surface area contributed by atoms with Crippen LogP contribution in [0.2, 0.25) is 5.02 Å². The molecule has 21 heavy (non-hydrogen) atoms. The highest BCUT2D eigenvalue weighted by Gasteiger charge is 2.16. The molecular formula is C17H20ClIN2. The molecule has 0 saturated heterocycles. The van der Waals surface area contributed by atoms with Crippen LogP contribution in [0.5, 0.6) is 0 Å². The van der Waals surface area contributed by atoms with Crippen LogP contribution in [0.25, 0.3) is 0 Å². The molecule has 0 aliphatic heterocycles. The largest absolute Gasteiger partial charge is 0.310 e. The topological polar surface area (TPSA) is 24.9 Å². The Morgan fingerprint density at radius 1 is 1.33 bits per heavy atom. The van der Waals surface area contributed by atoms with Crippen LogP contribution in [-0.2, 0) is 6.42 Å². The summed E-state index contributed by atoms with van der Waals surface area (Å²) in [6.07, 6.45) is 3.85. The van der Waals surface area contributed by atoms with Gasteiger partial charge in [0.2, 0.25) is 0 Å². The molecule has 1 unspecified atom stereocenters. The lowest BCUT2D eigenvalue weighted by Crippen LogP contribution is -2.25. The molecule has 0 amide bonds. The maximum Gasteiger partial charge on any atom is 0.0451 e. The van der Waals surface area contributed by atoms with Crippen LogP contribution >= 0.6 is 34.2 Å². The third-order valence-corrected chi connectivity index (χ3v) is 4.71. The van der Waals surface area contributed by atoms with E-state index in [1.807, 2.05) is 18.3 Å². The Balaban J connectivity index is 2.30. The lowest BCUT2D eigenvalue weighted by molar-refractivity contribution is 0.521. The zero-order chi connectivity index (χ0) is 15.2. The van der Waals surface area contributed by atoms with E-state index in [-0.39, 0.29) is 6.04 Å². The molecular weight excluding hydrogens is 395 g/mol. The Kier molecular flexibility index (Phi) is 6.45. The van der Waals surface area contributed by atoms with Crippen molar-refractivity contribution in [1.29, 1.82) is 0 Å². The molecule has 4 heteroatoms. The van der Waals surface area contributed by atoms with Crippen LogP contribution in [0.3, 0.4) is 0 Å². The first-order chi connectivity index (χ1) is 10.1. The number of benzene rings is 1. The van der Waals surface area contributed by atoms with Crippen molar-refractivity contribution in [3.05, 3.63) is 61.9 Å². The molecule has 2 aromatic rings. The fourth-order valence-electron chi connectivity index (χ4n) is 2.32. The average Bonchev–Trinajstić information content (AvgIpc) is 2.48. The summed E-state index contributed by atoms with van der Waals surface area (Å²) in [5.74, 6) is 0. The number of nitrogens with zero attached hydrogens (tertiary/aromatic N) is 1. The number of nitrogens with one attached hydrogen (secondary N) is 1. The molecule has 0 aliphatic rings. The molecule has 0 radical (unpaired) electrons. The Labute approximate surface area is 145 Å². The third-order valence-electron chi connectivity index (χ3n) is 3.49. The number of aryl methyl sites for hydroxylation is 1. The summed E-state index contributed by atoms with van der Waals surface area (Å²) in [7, 11) is 0. The van der Waals surface area contributed by atoms with Crippen molar-refractivity contribution < 1.29 is 0 Å². The highest BCUT2D eigenvalue weighted by molar-refractivity contribution is 14.1. The first-order valence-electron chi connectivity index (χ1n) is 7.20. The van der Waals surface area contributed by atoms with E-state index in [1.54, 1.807) is 0 Å². The number of halogens is 2. The van der Waals surface area contributed by atoms with Crippen molar-refractivity contribution in [1.82, 2.24) is 10.3 Å². The summed E-state index contributed by atoms with van der Waals surface area (Å²) in [6, 6.07) is 10.4. The van der Waals surface area contributed by atoms with Gasteiger partial charge in [0, 0.05) is 32.9 Å². The second kappa shape index (κ2) is 8.11. The second-order valence-corrected chi connectivity index (χ2v) is 6.74. The summed E-state index contributed by atoms with van der Waals surface area (Å²) in [4.78, 5) is 4.53. The van der Waals surface area contributed by atoms with Gasteiger partial charge in [0.25, 0.3) is 0 Å². The molecule has 1 aromatic heterocycles. The molecule has 1 aromatic carbocycles. The second-order valence-electron chi connectivity index (χ2n) is 5.14. The van der Waals surface area contributed by atoms with Crippen molar-refractivity contribution in [2.45, 2.75) is 32.7 Å². The van der Waals surface area contributed by atoms with E-state index in [2.05, 4.69) is 64.9 Å². The molecule has 0 aliphatic carbocycles. The van der Waals surface area contributed by atoms with Gasteiger partial charge in [-0.05, 0) is 77.9 Å². The van der Waals surface area contributed by atoms with Crippen molar-refractivity contribution in [3.8, 4) is 0 Å². The Morgan fingerprint density at radius 3 is 2.86 bits per heavy atom. The van der Waals surface area contributed by atoms with Gasteiger partial charge < -0.3 is 5.32 Å². The van der Waals surface area contributed by atoms with Crippen LogP contribution in [0.1, 0.15) is 36.2 Å². The summed E-state index contributed by atoms with van der Waals surface area (Å²) in [5, 5.41) is 4.41. The fraction of sp³-hybridized carbons (Fsp3) is 0.353. The molecule has 0 saturated carbocycles. The van der Waals surface area contributed by atoms with Gasteiger partial charge in [0.1, 0.15) is 0 Å². The molecule has 1 atom stereocenters. The lowest BCUT2D eigenvalue weighted by atomic mass is 9.99. The molecule has 2 rings (SSSR count). The first kappa shape index (κ1) is 16.7. The third kappa shape index (κ3) is 4.66. The van der Waals surface area contributed by atoms with E-state index in [0.717, 1.165) is 30.1 Å². The van der Waals surface area contributed by atoms with Gasteiger partial charge in [-0.2, -0.15) is 0 Å². The highest BCUT2D eigenvalue weighted by atomic mass is 127. The predicted molar refractivity (Wildman–Crippen MR) is 97.9 cm³/mol. The zero-order valence-electron chi connectivity index (χ0n) is 12.4. The zero-order valence-corrected chi connectivity index (χ0v) is 15.3. The molecule has 1 heterocycles. The van der Waals surface area contributed by atoms with Gasteiger partial charge >= 0.3 is 0 Å². The van der Waals surface area contributed by atoms with Gasteiger partial charge in [-0.25, -0.2) is 0 Å². The molecule has 1 N–H and O–H groups in total. The van der Waals surface area contributed by atoms with Crippen LogP contribution in [0.15, 0.2) is 36.5 Å². The maximum absolute atomic E-state index is 6.18. The Morgan fingerprint density at radius 2 is 2.14 bits per heavy atom. The summed E-state index contributed by atoms with van der Waals surface area (Å²) < 4.78 is 1.24. The van der Waals surface area contributed by atoms with Gasteiger partial charge in [-0.1, -0.05) is 24.6 Å². The number of hydrogen-bond acceptors (Lipinski definition) is 2. The fourth-order valence-corrected chi connectivity index (χ4v) is 3.21. The highest BCUT2D eigenvalue weighted by Crippen LogP contribution is 2.26. The van der Waals surface area contributed by atoms with Gasteiger partial charge in [-0.3, -0.25) is 4.98 Å². The van der Waals surface area contributed by atoms with E-state index in [0.29, 0.717) is 0 Å². The SMILES string of the molecule is CCCNC(Cc1ncccc1C)c1cc(Cl)ccc1I. The van der Waals surface area contributed by atoms with Crippen LogP contribution in [-0.4, -0.2) is 11.5 Å². The lowest BCUT2D eigenvalue weighted by Gasteiger charge is -2.21. The predicted octanol–water partition coefficient (Wildman–Crippen LogP) is 4.93. The van der Waals surface area contributed by atoms with E-state index < -0.39 is 0 Å².